The number of carbonyl (C=O) groups is 3. The van der Waals surface area contributed by atoms with Crippen molar-refractivity contribution in [1.29, 1.82) is 0 Å². The zero-order chi connectivity index (χ0) is 28.4. The Morgan fingerprint density at radius 3 is 2.18 bits per heavy atom. The number of benzene rings is 2. The number of rotatable bonds is 12. The Kier molecular flexibility index (Phi) is 11.0. The standard InChI is InChI=1S/C32H45N3O4/c1-6-8-21-33-29(36)28(25-19-17-23(7-2)18-20-25)35(26-15-12-16-26)30(37)27(22-24-13-10-9-11-14-24)34-31(38)39-32(3,4)5/h9-11,13-14,17-20,26-28H,6-8,12,15-16,21-22H2,1-5H3,(H,33,36)(H,34,38). The summed E-state index contributed by atoms with van der Waals surface area (Å²) in [6, 6.07) is 15.8. The predicted molar refractivity (Wildman–Crippen MR) is 154 cm³/mol. The van der Waals surface area contributed by atoms with Gasteiger partial charge in [0.05, 0.1) is 0 Å². The van der Waals surface area contributed by atoms with Gasteiger partial charge in [0.1, 0.15) is 17.7 Å². The van der Waals surface area contributed by atoms with E-state index in [1.165, 1.54) is 5.56 Å². The second-order valence-electron chi connectivity index (χ2n) is 11.4. The van der Waals surface area contributed by atoms with Gasteiger partial charge in [-0.15, -0.1) is 0 Å². The normalized spacial score (nSPS) is 15.0. The molecule has 3 amide bonds. The summed E-state index contributed by atoms with van der Waals surface area (Å²) >= 11 is 0. The summed E-state index contributed by atoms with van der Waals surface area (Å²) in [6.07, 6.45) is 4.99. The van der Waals surface area contributed by atoms with Crippen LogP contribution in [0.1, 0.15) is 89.5 Å². The van der Waals surface area contributed by atoms with Crippen LogP contribution in [0.15, 0.2) is 54.6 Å². The quantitative estimate of drug-likeness (QED) is 0.340. The monoisotopic (exact) mass is 535 g/mol. The van der Waals surface area contributed by atoms with Gasteiger partial charge >= 0.3 is 6.09 Å². The molecule has 1 saturated carbocycles. The fourth-order valence-electron chi connectivity index (χ4n) is 4.72. The van der Waals surface area contributed by atoms with Crippen molar-refractivity contribution < 1.29 is 19.1 Å². The molecule has 7 heteroatoms. The average Bonchev–Trinajstić information content (AvgIpc) is 2.86. The first-order valence-electron chi connectivity index (χ1n) is 14.3. The summed E-state index contributed by atoms with van der Waals surface area (Å²) in [6.45, 7) is 10.1. The van der Waals surface area contributed by atoms with Gasteiger partial charge in [-0.05, 0) is 69.6 Å². The van der Waals surface area contributed by atoms with Crippen molar-refractivity contribution in [3.63, 3.8) is 0 Å². The number of nitrogens with zero attached hydrogens (tertiary/aromatic N) is 1. The minimum absolute atomic E-state index is 0.0796. The van der Waals surface area contributed by atoms with Gasteiger partial charge in [0.2, 0.25) is 11.8 Å². The molecule has 2 aromatic carbocycles. The zero-order valence-electron chi connectivity index (χ0n) is 24.2. The minimum Gasteiger partial charge on any atom is -0.444 e. The Morgan fingerprint density at radius 1 is 0.974 bits per heavy atom. The molecule has 1 aliphatic carbocycles. The van der Waals surface area contributed by atoms with Crippen LogP contribution < -0.4 is 10.6 Å². The number of hydrogen-bond acceptors (Lipinski definition) is 4. The molecule has 0 spiro atoms. The molecular weight excluding hydrogens is 490 g/mol. The molecule has 0 heterocycles. The predicted octanol–water partition coefficient (Wildman–Crippen LogP) is 5.72. The third-order valence-electron chi connectivity index (χ3n) is 7.05. The van der Waals surface area contributed by atoms with Crippen LogP contribution in [0.25, 0.3) is 0 Å². The van der Waals surface area contributed by atoms with Crippen LogP contribution in [-0.2, 0) is 27.2 Å². The van der Waals surface area contributed by atoms with Gasteiger partial charge in [-0.2, -0.15) is 0 Å². The Hall–Kier alpha value is -3.35. The summed E-state index contributed by atoms with van der Waals surface area (Å²) in [7, 11) is 0. The van der Waals surface area contributed by atoms with Crippen LogP contribution in [0.5, 0.6) is 0 Å². The van der Waals surface area contributed by atoms with E-state index in [0.717, 1.165) is 49.7 Å². The van der Waals surface area contributed by atoms with Crippen molar-refractivity contribution in [3.8, 4) is 0 Å². The topological polar surface area (TPSA) is 87.7 Å². The lowest BCUT2D eigenvalue weighted by Crippen LogP contribution is -2.58. The van der Waals surface area contributed by atoms with Gasteiger partial charge in [0, 0.05) is 19.0 Å². The van der Waals surface area contributed by atoms with Crippen molar-refractivity contribution in [2.45, 2.75) is 103 Å². The summed E-state index contributed by atoms with van der Waals surface area (Å²) in [4.78, 5) is 42.8. The fraction of sp³-hybridized carbons (Fsp3) is 0.531. The molecule has 1 aliphatic rings. The number of ether oxygens (including phenoxy) is 1. The van der Waals surface area contributed by atoms with Gasteiger partial charge in [0.25, 0.3) is 0 Å². The molecule has 0 bridgehead atoms. The largest absolute Gasteiger partial charge is 0.444 e. The second-order valence-corrected chi connectivity index (χ2v) is 11.4. The number of hydrogen-bond donors (Lipinski definition) is 2. The number of nitrogens with one attached hydrogen (secondary N) is 2. The van der Waals surface area contributed by atoms with E-state index in [2.05, 4.69) is 24.5 Å². The van der Waals surface area contributed by atoms with E-state index in [9.17, 15) is 14.4 Å². The van der Waals surface area contributed by atoms with Crippen molar-refractivity contribution in [2.75, 3.05) is 6.54 Å². The van der Waals surface area contributed by atoms with E-state index in [1.54, 1.807) is 25.7 Å². The summed E-state index contributed by atoms with van der Waals surface area (Å²) < 4.78 is 5.52. The third kappa shape index (κ3) is 8.84. The van der Waals surface area contributed by atoms with Crippen molar-refractivity contribution in [3.05, 3.63) is 71.3 Å². The van der Waals surface area contributed by atoms with Crippen LogP contribution >= 0.6 is 0 Å². The molecule has 0 aliphatic heterocycles. The molecule has 2 aromatic rings. The fourth-order valence-corrected chi connectivity index (χ4v) is 4.72. The van der Waals surface area contributed by atoms with Crippen molar-refractivity contribution in [1.82, 2.24) is 15.5 Å². The second kappa shape index (κ2) is 14.2. The lowest BCUT2D eigenvalue weighted by atomic mass is 9.87. The van der Waals surface area contributed by atoms with Crippen LogP contribution in [0, 0.1) is 0 Å². The lowest BCUT2D eigenvalue weighted by Gasteiger charge is -2.43. The number of amides is 3. The SMILES string of the molecule is CCCCNC(=O)C(c1ccc(CC)cc1)N(C(=O)C(Cc1ccccc1)NC(=O)OC(C)(C)C)C1CCC1. The van der Waals surface area contributed by atoms with Gasteiger partial charge in [-0.3, -0.25) is 9.59 Å². The summed E-state index contributed by atoms with van der Waals surface area (Å²) in [5, 5.41) is 5.90. The molecule has 212 valence electrons. The smallest absolute Gasteiger partial charge is 0.408 e. The first-order valence-corrected chi connectivity index (χ1v) is 14.3. The van der Waals surface area contributed by atoms with Gasteiger partial charge < -0.3 is 20.3 Å². The molecule has 2 N–H and O–H groups in total. The van der Waals surface area contributed by atoms with Gasteiger partial charge in [0.15, 0.2) is 0 Å². The Labute approximate surface area is 233 Å². The maximum Gasteiger partial charge on any atom is 0.408 e. The number of aryl methyl sites for hydroxylation is 1. The van der Waals surface area contributed by atoms with E-state index < -0.39 is 23.8 Å². The molecule has 0 saturated heterocycles. The molecule has 2 atom stereocenters. The van der Waals surface area contributed by atoms with Gasteiger partial charge in [-0.1, -0.05) is 74.9 Å². The number of carbonyl (C=O) groups excluding carboxylic acids is 3. The van der Waals surface area contributed by atoms with E-state index >= 15 is 0 Å². The number of alkyl carbamates (subject to hydrolysis) is 1. The first-order chi connectivity index (χ1) is 18.6. The Bertz CT molecular complexity index is 1070. The van der Waals surface area contributed by atoms with Gasteiger partial charge in [-0.25, -0.2) is 4.79 Å². The highest BCUT2D eigenvalue weighted by Gasteiger charge is 2.42. The molecule has 3 rings (SSSR count). The molecular formula is C32H45N3O4. The van der Waals surface area contributed by atoms with Crippen LogP contribution in [0.4, 0.5) is 4.79 Å². The van der Waals surface area contributed by atoms with E-state index in [-0.39, 0.29) is 17.9 Å². The first kappa shape index (κ1) is 30.2. The highest BCUT2D eigenvalue weighted by atomic mass is 16.6. The van der Waals surface area contributed by atoms with Crippen LogP contribution in [0.2, 0.25) is 0 Å². The maximum atomic E-state index is 14.4. The van der Waals surface area contributed by atoms with Crippen molar-refractivity contribution in [2.24, 2.45) is 0 Å². The molecule has 0 aromatic heterocycles. The summed E-state index contributed by atoms with van der Waals surface area (Å²) in [5.74, 6) is -0.465. The van der Waals surface area contributed by atoms with Crippen LogP contribution in [-0.4, -0.2) is 47.0 Å². The number of unbranched alkanes of at least 4 members (excludes halogenated alkanes) is 1. The third-order valence-corrected chi connectivity index (χ3v) is 7.05. The van der Waals surface area contributed by atoms with E-state index in [4.69, 9.17) is 4.74 Å². The zero-order valence-corrected chi connectivity index (χ0v) is 24.2. The van der Waals surface area contributed by atoms with E-state index in [0.29, 0.717) is 13.0 Å². The highest BCUT2D eigenvalue weighted by molar-refractivity contribution is 5.92. The maximum absolute atomic E-state index is 14.4. The van der Waals surface area contributed by atoms with E-state index in [1.807, 2.05) is 54.6 Å². The average molecular weight is 536 g/mol. The highest BCUT2D eigenvalue weighted by Crippen LogP contribution is 2.34. The Morgan fingerprint density at radius 2 is 1.64 bits per heavy atom. The molecule has 1 fully saturated rings. The summed E-state index contributed by atoms with van der Waals surface area (Å²) in [5.41, 5.74) is 2.15. The lowest BCUT2D eigenvalue weighted by molar-refractivity contribution is -0.147. The molecule has 39 heavy (non-hydrogen) atoms. The molecule has 0 radical (unpaired) electrons. The molecule has 2 unspecified atom stereocenters. The van der Waals surface area contributed by atoms with Crippen LogP contribution in [0.3, 0.4) is 0 Å². The minimum atomic E-state index is -0.885. The molecule has 7 nitrogen and oxygen atoms in total. The van der Waals surface area contributed by atoms with Crippen molar-refractivity contribution >= 4 is 17.9 Å². The Balaban J connectivity index is 2.00.